The topological polar surface area (TPSA) is 17.1 Å². The summed E-state index contributed by atoms with van der Waals surface area (Å²) >= 11 is 1.74. The number of rotatable bonds is 7. The van der Waals surface area contributed by atoms with Crippen LogP contribution in [0.5, 0.6) is 0 Å². The molecular formula is C16H20OS. The van der Waals surface area contributed by atoms with E-state index in [-0.39, 0.29) is 0 Å². The average molecular weight is 260 g/mol. The van der Waals surface area contributed by atoms with Crippen LogP contribution in [-0.4, -0.2) is 5.78 Å². The second-order valence-electron chi connectivity index (χ2n) is 4.78. The summed E-state index contributed by atoms with van der Waals surface area (Å²) in [7, 11) is 0. The third kappa shape index (κ3) is 3.42. The SMILES string of the molecule is CCCCCCC(=O)Cc1csc2ccccc12. The summed E-state index contributed by atoms with van der Waals surface area (Å²) in [4.78, 5) is 11.9. The van der Waals surface area contributed by atoms with Crippen molar-refractivity contribution in [3.8, 4) is 0 Å². The van der Waals surface area contributed by atoms with E-state index < -0.39 is 0 Å². The molecule has 0 saturated heterocycles. The molecule has 0 bridgehead atoms. The second kappa shape index (κ2) is 6.69. The number of carbonyl (C=O) groups excluding carboxylic acids is 1. The minimum atomic E-state index is 0.384. The molecule has 96 valence electrons. The first kappa shape index (κ1) is 13.3. The van der Waals surface area contributed by atoms with Gasteiger partial charge in [-0.2, -0.15) is 0 Å². The number of Topliss-reactive ketones (excluding diaryl/α,β-unsaturated/α-hetero) is 1. The molecule has 0 radical (unpaired) electrons. The minimum Gasteiger partial charge on any atom is -0.299 e. The van der Waals surface area contributed by atoms with Gasteiger partial charge in [-0.1, -0.05) is 44.4 Å². The fourth-order valence-corrected chi connectivity index (χ4v) is 3.18. The highest BCUT2D eigenvalue weighted by Gasteiger charge is 2.08. The van der Waals surface area contributed by atoms with Crippen molar-refractivity contribution >= 4 is 27.2 Å². The van der Waals surface area contributed by atoms with Crippen molar-refractivity contribution in [2.45, 2.75) is 45.4 Å². The quantitative estimate of drug-likeness (QED) is 0.641. The summed E-state index contributed by atoms with van der Waals surface area (Å²) < 4.78 is 1.28. The highest BCUT2D eigenvalue weighted by Crippen LogP contribution is 2.26. The Morgan fingerprint density at radius 3 is 2.83 bits per heavy atom. The highest BCUT2D eigenvalue weighted by molar-refractivity contribution is 7.17. The fourth-order valence-electron chi connectivity index (χ4n) is 2.22. The monoisotopic (exact) mass is 260 g/mol. The van der Waals surface area contributed by atoms with Crippen LogP contribution in [0.2, 0.25) is 0 Å². The van der Waals surface area contributed by atoms with Crippen LogP contribution in [0.1, 0.15) is 44.6 Å². The van der Waals surface area contributed by atoms with Crippen LogP contribution < -0.4 is 0 Å². The lowest BCUT2D eigenvalue weighted by Crippen LogP contribution is -2.01. The lowest BCUT2D eigenvalue weighted by molar-refractivity contribution is -0.118. The molecule has 0 spiro atoms. The fraction of sp³-hybridized carbons (Fsp3) is 0.438. The Hall–Kier alpha value is -1.15. The molecule has 2 heteroatoms. The molecule has 2 aromatic rings. The van der Waals surface area contributed by atoms with E-state index in [1.807, 2.05) is 6.07 Å². The zero-order chi connectivity index (χ0) is 12.8. The summed E-state index contributed by atoms with van der Waals surface area (Å²) in [5.74, 6) is 0.384. The van der Waals surface area contributed by atoms with E-state index in [2.05, 4.69) is 30.5 Å². The maximum absolute atomic E-state index is 11.9. The molecule has 0 unspecified atom stereocenters. The lowest BCUT2D eigenvalue weighted by atomic mass is 10.0. The summed E-state index contributed by atoms with van der Waals surface area (Å²) in [6.45, 7) is 2.19. The predicted octanol–water partition coefficient (Wildman–Crippen LogP) is 4.98. The van der Waals surface area contributed by atoms with Gasteiger partial charge in [-0.15, -0.1) is 11.3 Å². The number of hydrogen-bond acceptors (Lipinski definition) is 2. The number of fused-ring (bicyclic) bond motifs is 1. The van der Waals surface area contributed by atoms with E-state index in [9.17, 15) is 4.79 Å². The molecule has 1 aromatic heterocycles. The predicted molar refractivity (Wildman–Crippen MR) is 79.3 cm³/mol. The van der Waals surface area contributed by atoms with E-state index in [1.165, 1.54) is 34.9 Å². The number of ketones is 1. The molecule has 0 atom stereocenters. The number of carbonyl (C=O) groups is 1. The molecule has 0 N–H and O–H groups in total. The maximum Gasteiger partial charge on any atom is 0.137 e. The van der Waals surface area contributed by atoms with Gasteiger partial charge in [0.25, 0.3) is 0 Å². The number of hydrogen-bond donors (Lipinski definition) is 0. The van der Waals surface area contributed by atoms with Gasteiger partial charge in [0.2, 0.25) is 0 Å². The van der Waals surface area contributed by atoms with E-state index in [0.29, 0.717) is 12.2 Å². The Bertz CT molecular complexity index is 513. The molecular weight excluding hydrogens is 240 g/mol. The average Bonchev–Trinajstić information content (AvgIpc) is 2.78. The van der Waals surface area contributed by atoms with E-state index in [4.69, 9.17) is 0 Å². The van der Waals surface area contributed by atoms with Gasteiger partial charge in [-0.25, -0.2) is 0 Å². The molecule has 0 saturated carbocycles. The zero-order valence-corrected chi connectivity index (χ0v) is 11.8. The van der Waals surface area contributed by atoms with E-state index >= 15 is 0 Å². The zero-order valence-electron chi connectivity index (χ0n) is 10.9. The van der Waals surface area contributed by atoms with Gasteiger partial charge in [0.05, 0.1) is 0 Å². The molecule has 0 aliphatic carbocycles. The largest absolute Gasteiger partial charge is 0.299 e. The van der Waals surface area contributed by atoms with Crippen molar-refractivity contribution in [3.05, 3.63) is 35.2 Å². The van der Waals surface area contributed by atoms with E-state index in [1.54, 1.807) is 11.3 Å². The molecule has 1 nitrogen and oxygen atoms in total. The Balaban J connectivity index is 1.91. The molecule has 2 rings (SSSR count). The van der Waals surface area contributed by atoms with E-state index in [0.717, 1.165) is 12.8 Å². The van der Waals surface area contributed by atoms with Crippen molar-refractivity contribution in [2.24, 2.45) is 0 Å². The summed E-state index contributed by atoms with van der Waals surface area (Å²) in [6.07, 6.45) is 6.06. The van der Waals surface area contributed by atoms with Crippen molar-refractivity contribution in [2.75, 3.05) is 0 Å². The molecule has 0 aliphatic rings. The van der Waals surface area contributed by atoms with Crippen molar-refractivity contribution in [3.63, 3.8) is 0 Å². The van der Waals surface area contributed by atoms with Gasteiger partial charge < -0.3 is 0 Å². The third-order valence-corrected chi connectivity index (χ3v) is 4.27. The Labute approximate surface area is 113 Å². The van der Waals surface area contributed by atoms with Crippen LogP contribution in [-0.2, 0) is 11.2 Å². The first-order valence-electron chi connectivity index (χ1n) is 6.78. The normalized spacial score (nSPS) is 10.9. The highest BCUT2D eigenvalue weighted by atomic mass is 32.1. The van der Waals surface area contributed by atoms with Crippen LogP contribution in [0, 0.1) is 0 Å². The molecule has 1 heterocycles. The van der Waals surface area contributed by atoms with Crippen molar-refractivity contribution in [1.82, 2.24) is 0 Å². The molecule has 1 aromatic carbocycles. The molecule has 0 aliphatic heterocycles. The van der Waals surface area contributed by atoms with Crippen LogP contribution >= 0.6 is 11.3 Å². The van der Waals surface area contributed by atoms with Gasteiger partial charge in [0.15, 0.2) is 0 Å². The molecule has 18 heavy (non-hydrogen) atoms. The lowest BCUT2D eigenvalue weighted by Gasteiger charge is -2.00. The summed E-state index contributed by atoms with van der Waals surface area (Å²) in [5.41, 5.74) is 1.20. The smallest absolute Gasteiger partial charge is 0.137 e. The van der Waals surface area contributed by atoms with Gasteiger partial charge in [0.1, 0.15) is 5.78 Å². The van der Waals surface area contributed by atoms with Crippen LogP contribution in [0.25, 0.3) is 10.1 Å². The van der Waals surface area contributed by atoms with Gasteiger partial charge >= 0.3 is 0 Å². The standard InChI is InChI=1S/C16H20OS/c1-2-3-4-5-8-14(17)11-13-12-18-16-10-7-6-9-15(13)16/h6-7,9-10,12H,2-5,8,11H2,1H3. The van der Waals surface area contributed by atoms with Crippen LogP contribution in [0.3, 0.4) is 0 Å². The number of unbranched alkanes of at least 4 members (excludes halogenated alkanes) is 3. The van der Waals surface area contributed by atoms with Crippen molar-refractivity contribution < 1.29 is 4.79 Å². The Morgan fingerprint density at radius 2 is 2.00 bits per heavy atom. The van der Waals surface area contributed by atoms with Gasteiger partial charge in [-0.3, -0.25) is 4.79 Å². The summed E-state index contributed by atoms with van der Waals surface area (Å²) in [6, 6.07) is 8.33. The third-order valence-electron chi connectivity index (χ3n) is 3.26. The Morgan fingerprint density at radius 1 is 1.17 bits per heavy atom. The Kier molecular flexibility index (Phi) is 4.94. The van der Waals surface area contributed by atoms with Crippen molar-refractivity contribution in [1.29, 1.82) is 0 Å². The minimum absolute atomic E-state index is 0.384. The molecule has 0 amide bonds. The first-order valence-corrected chi connectivity index (χ1v) is 7.66. The first-order chi connectivity index (χ1) is 8.81. The van der Waals surface area contributed by atoms with Gasteiger partial charge in [0, 0.05) is 17.5 Å². The molecule has 0 fully saturated rings. The summed E-state index contributed by atoms with van der Waals surface area (Å²) in [5, 5.41) is 3.39. The number of thiophene rings is 1. The number of benzene rings is 1. The van der Waals surface area contributed by atoms with Crippen LogP contribution in [0.15, 0.2) is 29.6 Å². The second-order valence-corrected chi connectivity index (χ2v) is 5.69. The van der Waals surface area contributed by atoms with Crippen LogP contribution in [0.4, 0.5) is 0 Å². The maximum atomic E-state index is 11.9. The van der Waals surface area contributed by atoms with Gasteiger partial charge in [-0.05, 0) is 28.8 Å².